The van der Waals surface area contributed by atoms with Crippen molar-refractivity contribution in [2.75, 3.05) is 0 Å². The van der Waals surface area contributed by atoms with Crippen molar-refractivity contribution in [2.24, 2.45) is 0 Å². The summed E-state index contributed by atoms with van der Waals surface area (Å²) in [5.74, 6) is 1.24. The Bertz CT molecular complexity index is 909. The fourth-order valence-corrected chi connectivity index (χ4v) is 3.03. The van der Waals surface area contributed by atoms with Crippen LogP contribution < -0.4 is 0 Å². The van der Waals surface area contributed by atoms with Crippen molar-refractivity contribution in [3.05, 3.63) is 102 Å². The summed E-state index contributed by atoms with van der Waals surface area (Å²) in [6.07, 6.45) is 0. The molecule has 0 saturated carbocycles. The van der Waals surface area contributed by atoms with Gasteiger partial charge in [-0.2, -0.15) is 0 Å². The van der Waals surface area contributed by atoms with E-state index in [2.05, 4.69) is 68.4 Å². The summed E-state index contributed by atoms with van der Waals surface area (Å²) >= 11 is 0. The number of hydrogen-bond acceptors (Lipinski definition) is 0. The van der Waals surface area contributed by atoms with Gasteiger partial charge in [0.05, 0.1) is 23.3 Å². The molecule has 4 aromatic rings. The molecule has 1 nitrogen and oxygen atoms in total. The Balaban J connectivity index is 1.89. The van der Waals surface area contributed by atoms with E-state index in [0.29, 0.717) is 5.76 Å². The molecule has 0 bridgehead atoms. The maximum Gasteiger partial charge on any atom is 0.361 e. The van der Waals surface area contributed by atoms with Gasteiger partial charge in [-0.15, -0.1) is 0 Å². The van der Waals surface area contributed by atoms with E-state index >= 15 is 0 Å². The standard InChI is InChI=1S/C25H20FO/c1-17-3-7-19(8-4-17)22-15-24(20-9-5-18(2)6-10-20)27-25(16-22)21-11-13-23(26)14-12-21/h3-16H,1-2H3/q+1. The van der Waals surface area contributed by atoms with Crippen LogP contribution in [0, 0.1) is 19.7 Å². The van der Waals surface area contributed by atoms with Crippen molar-refractivity contribution in [2.45, 2.75) is 13.8 Å². The molecule has 132 valence electrons. The minimum atomic E-state index is -0.257. The first-order valence-electron chi connectivity index (χ1n) is 8.97. The van der Waals surface area contributed by atoms with Gasteiger partial charge >= 0.3 is 11.5 Å². The van der Waals surface area contributed by atoms with Crippen molar-refractivity contribution >= 4 is 0 Å². The second-order valence-electron chi connectivity index (χ2n) is 6.81. The van der Waals surface area contributed by atoms with E-state index in [0.717, 1.165) is 28.0 Å². The third kappa shape index (κ3) is 3.80. The summed E-state index contributed by atoms with van der Waals surface area (Å²) in [6, 6.07) is 27.1. The molecule has 0 spiro atoms. The highest BCUT2D eigenvalue weighted by Gasteiger charge is 2.20. The van der Waals surface area contributed by atoms with E-state index in [9.17, 15) is 4.39 Å². The summed E-state index contributed by atoms with van der Waals surface area (Å²) in [5.41, 5.74) is 6.46. The fraction of sp³-hybridized carbons (Fsp3) is 0.0800. The molecule has 0 N–H and O–H groups in total. The Morgan fingerprint density at radius 1 is 0.519 bits per heavy atom. The van der Waals surface area contributed by atoms with E-state index in [-0.39, 0.29) is 5.82 Å². The van der Waals surface area contributed by atoms with Gasteiger partial charge in [-0.1, -0.05) is 47.5 Å². The molecule has 2 heteroatoms. The summed E-state index contributed by atoms with van der Waals surface area (Å²) < 4.78 is 19.5. The topological polar surface area (TPSA) is 11.3 Å². The molecule has 0 unspecified atom stereocenters. The van der Waals surface area contributed by atoms with Gasteiger partial charge in [-0.05, 0) is 55.8 Å². The van der Waals surface area contributed by atoms with E-state index < -0.39 is 0 Å². The second-order valence-corrected chi connectivity index (χ2v) is 6.81. The van der Waals surface area contributed by atoms with E-state index in [4.69, 9.17) is 4.42 Å². The molecule has 1 aromatic heterocycles. The molecule has 0 aliphatic carbocycles. The first-order valence-corrected chi connectivity index (χ1v) is 8.97. The van der Waals surface area contributed by atoms with Crippen LogP contribution in [0.2, 0.25) is 0 Å². The zero-order chi connectivity index (χ0) is 18.8. The van der Waals surface area contributed by atoms with Gasteiger partial charge < -0.3 is 0 Å². The lowest BCUT2D eigenvalue weighted by Gasteiger charge is -2.03. The van der Waals surface area contributed by atoms with Crippen molar-refractivity contribution in [1.29, 1.82) is 0 Å². The number of rotatable bonds is 3. The first kappa shape index (κ1) is 17.2. The molecule has 0 radical (unpaired) electrons. The van der Waals surface area contributed by atoms with Gasteiger partial charge in [0, 0.05) is 5.56 Å². The Kier molecular flexibility index (Phi) is 4.55. The zero-order valence-corrected chi connectivity index (χ0v) is 15.4. The Morgan fingerprint density at radius 2 is 0.926 bits per heavy atom. The van der Waals surface area contributed by atoms with E-state index in [1.54, 1.807) is 12.1 Å². The highest BCUT2D eigenvalue weighted by Crippen LogP contribution is 2.33. The predicted molar refractivity (Wildman–Crippen MR) is 109 cm³/mol. The van der Waals surface area contributed by atoms with Crippen LogP contribution in [-0.4, -0.2) is 0 Å². The lowest BCUT2D eigenvalue weighted by Crippen LogP contribution is -1.87. The highest BCUT2D eigenvalue weighted by atomic mass is 19.1. The molecule has 4 rings (SSSR count). The minimum absolute atomic E-state index is 0.257. The molecule has 0 atom stereocenters. The van der Waals surface area contributed by atoms with Gasteiger partial charge in [-0.3, -0.25) is 0 Å². The van der Waals surface area contributed by atoms with Crippen LogP contribution in [0.1, 0.15) is 11.1 Å². The van der Waals surface area contributed by atoms with Gasteiger partial charge in [0.2, 0.25) is 0 Å². The molecular weight excluding hydrogens is 335 g/mol. The van der Waals surface area contributed by atoms with Gasteiger partial charge in [0.25, 0.3) is 0 Å². The van der Waals surface area contributed by atoms with Crippen molar-refractivity contribution in [1.82, 2.24) is 0 Å². The molecule has 0 aliphatic rings. The maximum absolute atomic E-state index is 13.3. The molecular formula is C25H20FO+. The Hall–Kier alpha value is -3.26. The van der Waals surface area contributed by atoms with Crippen molar-refractivity contribution in [3.63, 3.8) is 0 Å². The highest BCUT2D eigenvalue weighted by molar-refractivity contribution is 5.74. The molecule has 0 amide bonds. The molecule has 27 heavy (non-hydrogen) atoms. The maximum atomic E-state index is 13.3. The smallest absolute Gasteiger partial charge is 0.207 e. The van der Waals surface area contributed by atoms with Crippen LogP contribution >= 0.6 is 0 Å². The van der Waals surface area contributed by atoms with Crippen LogP contribution in [0.5, 0.6) is 0 Å². The number of halogens is 1. The average Bonchev–Trinajstić information content (AvgIpc) is 2.69. The van der Waals surface area contributed by atoms with Crippen LogP contribution in [0.25, 0.3) is 33.8 Å². The molecule has 0 aliphatic heterocycles. The average molecular weight is 355 g/mol. The Labute approximate surface area is 158 Å². The van der Waals surface area contributed by atoms with Crippen molar-refractivity contribution < 1.29 is 8.81 Å². The van der Waals surface area contributed by atoms with Gasteiger partial charge in [-0.25, -0.2) is 8.81 Å². The minimum Gasteiger partial charge on any atom is -0.207 e. The van der Waals surface area contributed by atoms with Crippen LogP contribution in [-0.2, 0) is 0 Å². The largest absolute Gasteiger partial charge is 0.361 e. The normalized spacial score (nSPS) is 10.8. The lowest BCUT2D eigenvalue weighted by molar-refractivity contribution is 0.582. The summed E-state index contributed by atoms with van der Waals surface area (Å²) in [7, 11) is 0. The van der Waals surface area contributed by atoms with Crippen molar-refractivity contribution in [3.8, 4) is 33.8 Å². The van der Waals surface area contributed by atoms with Gasteiger partial charge in [0.15, 0.2) is 0 Å². The van der Waals surface area contributed by atoms with Crippen LogP contribution in [0.15, 0.2) is 89.3 Å². The first-order chi connectivity index (χ1) is 13.1. The molecule has 0 fully saturated rings. The van der Waals surface area contributed by atoms with Gasteiger partial charge in [0.1, 0.15) is 5.82 Å². The number of hydrogen-bond donors (Lipinski definition) is 0. The van der Waals surface area contributed by atoms with E-state index in [1.807, 2.05) is 6.07 Å². The lowest BCUT2D eigenvalue weighted by atomic mass is 10.0. The summed E-state index contributed by atoms with van der Waals surface area (Å²) in [4.78, 5) is 0. The Morgan fingerprint density at radius 3 is 1.41 bits per heavy atom. The summed E-state index contributed by atoms with van der Waals surface area (Å²) in [6.45, 7) is 4.14. The quantitative estimate of drug-likeness (QED) is 0.350. The summed E-state index contributed by atoms with van der Waals surface area (Å²) in [5, 5.41) is 0. The number of aryl methyl sites for hydroxylation is 2. The molecule has 1 heterocycles. The third-order valence-electron chi connectivity index (χ3n) is 4.64. The SMILES string of the molecule is Cc1ccc(-c2cc(-c3ccc(C)cc3)[o+]c(-c3ccc(F)cc3)c2)cc1. The monoisotopic (exact) mass is 355 g/mol. The zero-order valence-electron chi connectivity index (χ0n) is 15.4. The van der Waals surface area contributed by atoms with Crippen LogP contribution in [0.3, 0.4) is 0 Å². The molecule has 0 saturated heterocycles. The third-order valence-corrected chi connectivity index (χ3v) is 4.64. The molecule has 3 aromatic carbocycles. The fourth-order valence-electron chi connectivity index (χ4n) is 3.03. The number of benzene rings is 3. The van der Waals surface area contributed by atoms with E-state index in [1.165, 1.54) is 23.3 Å². The van der Waals surface area contributed by atoms with Crippen LogP contribution in [0.4, 0.5) is 4.39 Å². The predicted octanol–water partition coefficient (Wildman–Crippen LogP) is 7.32. The second kappa shape index (κ2) is 7.16.